The van der Waals surface area contributed by atoms with Gasteiger partial charge in [0.1, 0.15) is 18.4 Å². The maximum atomic E-state index is 12.9. The van der Waals surface area contributed by atoms with E-state index in [9.17, 15) is 14.4 Å². The van der Waals surface area contributed by atoms with Gasteiger partial charge in [-0.05, 0) is 59.5 Å². The summed E-state index contributed by atoms with van der Waals surface area (Å²) in [6.07, 6.45) is 0.920. The third kappa shape index (κ3) is 6.94. The number of amides is 3. The molecule has 1 saturated heterocycles. The molecule has 2 N–H and O–H groups in total. The van der Waals surface area contributed by atoms with Crippen molar-refractivity contribution in [1.29, 1.82) is 0 Å². The molecule has 1 heterocycles. The van der Waals surface area contributed by atoms with Crippen LogP contribution in [0, 0.1) is 0 Å². The van der Waals surface area contributed by atoms with Gasteiger partial charge in [0.2, 0.25) is 11.8 Å². The highest BCUT2D eigenvalue weighted by atomic mass is 16.5. The Morgan fingerprint density at radius 2 is 1.43 bits per heavy atom. The lowest BCUT2D eigenvalue weighted by Crippen LogP contribution is -2.44. The van der Waals surface area contributed by atoms with Gasteiger partial charge in [-0.3, -0.25) is 14.4 Å². The zero-order valence-corrected chi connectivity index (χ0v) is 22.1. The number of ether oxygens (including phenoxy) is 1. The average molecular weight is 534 g/mol. The summed E-state index contributed by atoms with van der Waals surface area (Å²) in [6, 6.07) is 33.5. The Labute approximate surface area is 233 Å². The van der Waals surface area contributed by atoms with E-state index in [1.165, 1.54) is 0 Å². The van der Waals surface area contributed by atoms with Gasteiger partial charge in [0, 0.05) is 30.8 Å². The van der Waals surface area contributed by atoms with Crippen molar-refractivity contribution in [3.63, 3.8) is 0 Å². The molecule has 1 aliphatic rings. The highest BCUT2D eigenvalue weighted by Gasteiger charge is 2.35. The third-order valence-electron chi connectivity index (χ3n) is 6.87. The second-order valence-electron chi connectivity index (χ2n) is 9.73. The largest absolute Gasteiger partial charge is 0.489 e. The standard InChI is InChI=1S/C33H31N3O4/c37-31-20-19-30(36(31)22-25-7-3-1-4-8-25)33(39)34-21-24-13-17-29(18-14-24)40-23-26-11-15-27(16-12-26)32(38)35-28-9-5-2-6-10-28/h1-18,30H,19-23H2,(H,34,39)(H,35,38)/t30-/m0/s1. The van der Waals surface area contributed by atoms with E-state index in [1.54, 1.807) is 17.0 Å². The molecule has 1 fully saturated rings. The van der Waals surface area contributed by atoms with Crippen LogP contribution in [-0.2, 0) is 29.3 Å². The van der Waals surface area contributed by atoms with E-state index in [0.717, 1.165) is 22.4 Å². The number of hydrogen-bond acceptors (Lipinski definition) is 4. The molecular weight excluding hydrogens is 502 g/mol. The number of likely N-dealkylation sites (tertiary alicyclic amines) is 1. The van der Waals surface area contributed by atoms with Crippen molar-refractivity contribution in [2.75, 3.05) is 5.32 Å². The minimum Gasteiger partial charge on any atom is -0.489 e. The lowest BCUT2D eigenvalue weighted by atomic mass is 10.1. The van der Waals surface area contributed by atoms with Gasteiger partial charge in [0.15, 0.2) is 0 Å². The highest BCUT2D eigenvalue weighted by Crippen LogP contribution is 2.22. The summed E-state index contributed by atoms with van der Waals surface area (Å²) in [5.74, 6) is 0.416. The Balaban J connectivity index is 1.08. The zero-order valence-electron chi connectivity index (χ0n) is 22.1. The minimum atomic E-state index is -0.453. The topological polar surface area (TPSA) is 87.7 Å². The van der Waals surface area contributed by atoms with Crippen LogP contribution in [0.1, 0.15) is 39.9 Å². The molecule has 1 atom stereocenters. The zero-order chi connectivity index (χ0) is 27.7. The van der Waals surface area contributed by atoms with Crippen molar-refractivity contribution >= 4 is 23.4 Å². The average Bonchev–Trinajstić information content (AvgIpc) is 3.36. The number of nitrogens with zero attached hydrogens (tertiary/aromatic N) is 1. The number of nitrogens with one attached hydrogen (secondary N) is 2. The van der Waals surface area contributed by atoms with Crippen molar-refractivity contribution in [2.24, 2.45) is 0 Å². The van der Waals surface area contributed by atoms with Gasteiger partial charge in [-0.25, -0.2) is 0 Å². The highest BCUT2D eigenvalue weighted by molar-refractivity contribution is 6.04. The van der Waals surface area contributed by atoms with E-state index < -0.39 is 6.04 Å². The molecule has 0 aliphatic carbocycles. The van der Waals surface area contributed by atoms with Crippen molar-refractivity contribution < 1.29 is 19.1 Å². The molecule has 7 nitrogen and oxygen atoms in total. The number of para-hydroxylation sites is 1. The molecule has 1 aliphatic heterocycles. The van der Waals surface area contributed by atoms with Gasteiger partial charge >= 0.3 is 0 Å². The van der Waals surface area contributed by atoms with Crippen molar-refractivity contribution in [1.82, 2.24) is 10.2 Å². The first-order chi connectivity index (χ1) is 19.5. The van der Waals surface area contributed by atoms with Gasteiger partial charge in [0.05, 0.1) is 0 Å². The number of carbonyl (C=O) groups is 3. The molecule has 0 radical (unpaired) electrons. The van der Waals surface area contributed by atoms with E-state index in [-0.39, 0.29) is 17.7 Å². The van der Waals surface area contributed by atoms with Crippen LogP contribution >= 0.6 is 0 Å². The summed E-state index contributed by atoms with van der Waals surface area (Å²) in [6.45, 7) is 1.17. The number of carbonyl (C=O) groups excluding carboxylic acids is 3. The fourth-order valence-corrected chi connectivity index (χ4v) is 4.64. The molecule has 7 heteroatoms. The second kappa shape index (κ2) is 12.8. The monoisotopic (exact) mass is 533 g/mol. The molecule has 0 bridgehead atoms. The molecule has 4 aromatic carbocycles. The predicted molar refractivity (Wildman–Crippen MR) is 153 cm³/mol. The number of benzene rings is 4. The summed E-state index contributed by atoms with van der Waals surface area (Å²) < 4.78 is 5.90. The van der Waals surface area contributed by atoms with E-state index >= 15 is 0 Å². The van der Waals surface area contributed by atoms with Crippen LogP contribution in [0.25, 0.3) is 0 Å². The number of anilines is 1. The fourth-order valence-electron chi connectivity index (χ4n) is 4.64. The van der Waals surface area contributed by atoms with Crippen LogP contribution < -0.4 is 15.4 Å². The van der Waals surface area contributed by atoms with Crippen LogP contribution in [-0.4, -0.2) is 28.7 Å². The van der Waals surface area contributed by atoms with Gasteiger partial charge < -0.3 is 20.3 Å². The lowest BCUT2D eigenvalue weighted by molar-refractivity contribution is -0.135. The van der Waals surface area contributed by atoms with Gasteiger partial charge in [-0.15, -0.1) is 0 Å². The smallest absolute Gasteiger partial charge is 0.255 e. The van der Waals surface area contributed by atoms with Crippen LogP contribution in [0.3, 0.4) is 0 Å². The molecule has 0 spiro atoms. The first kappa shape index (κ1) is 26.7. The molecule has 3 amide bonds. The molecule has 202 valence electrons. The molecule has 4 aromatic rings. The van der Waals surface area contributed by atoms with E-state index in [4.69, 9.17) is 4.74 Å². The molecule has 0 saturated carbocycles. The Kier molecular flexibility index (Phi) is 8.51. The second-order valence-corrected chi connectivity index (χ2v) is 9.73. The Bertz CT molecular complexity index is 1440. The molecule has 0 unspecified atom stereocenters. The molecule has 0 aromatic heterocycles. The van der Waals surface area contributed by atoms with Gasteiger partial charge in [-0.1, -0.05) is 72.8 Å². The maximum absolute atomic E-state index is 12.9. The van der Waals surface area contributed by atoms with Crippen LogP contribution in [0.5, 0.6) is 5.75 Å². The summed E-state index contributed by atoms with van der Waals surface area (Å²) in [5.41, 5.74) is 4.22. The van der Waals surface area contributed by atoms with E-state index in [0.29, 0.717) is 43.9 Å². The maximum Gasteiger partial charge on any atom is 0.255 e. The van der Waals surface area contributed by atoms with Crippen molar-refractivity contribution in [3.05, 3.63) is 131 Å². The van der Waals surface area contributed by atoms with Crippen LogP contribution in [0.2, 0.25) is 0 Å². The summed E-state index contributed by atoms with van der Waals surface area (Å²) in [5, 5.41) is 5.85. The Morgan fingerprint density at radius 1 is 0.775 bits per heavy atom. The normalized spacial score (nSPS) is 14.6. The van der Waals surface area contributed by atoms with Crippen molar-refractivity contribution in [2.45, 2.75) is 38.6 Å². The SMILES string of the molecule is O=C(Nc1ccccc1)c1ccc(COc2ccc(CNC(=O)[C@@H]3CCC(=O)N3Cc3ccccc3)cc2)cc1. The quantitative estimate of drug-likeness (QED) is 0.289. The van der Waals surface area contributed by atoms with E-state index in [1.807, 2.05) is 97.1 Å². The number of rotatable bonds is 10. The van der Waals surface area contributed by atoms with Gasteiger partial charge in [-0.2, -0.15) is 0 Å². The van der Waals surface area contributed by atoms with Crippen molar-refractivity contribution in [3.8, 4) is 5.75 Å². The summed E-state index contributed by atoms with van der Waals surface area (Å²) in [7, 11) is 0. The van der Waals surface area contributed by atoms with Crippen LogP contribution in [0.15, 0.2) is 109 Å². The summed E-state index contributed by atoms with van der Waals surface area (Å²) >= 11 is 0. The molecule has 5 rings (SSSR count). The molecular formula is C33H31N3O4. The Morgan fingerprint density at radius 3 is 2.12 bits per heavy atom. The minimum absolute atomic E-state index is 0.00981. The first-order valence-corrected chi connectivity index (χ1v) is 13.3. The number of hydrogen-bond donors (Lipinski definition) is 2. The predicted octanol–water partition coefficient (Wildman–Crippen LogP) is 5.33. The summed E-state index contributed by atoms with van der Waals surface area (Å²) in [4.78, 5) is 39.4. The fraction of sp³-hybridized carbons (Fsp3) is 0.182. The molecule has 40 heavy (non-hydrogen) atoms. The van der Waals surface area contributed by atoms with Gasteiger partial charge in [0.25, 0.3) is 5.91 Å². The Hall–Kier alpha value is -4.91. The van der Waals surface area contributed by atoms with E-state index in [2.05, 4.69) is 10.6 Å². The third-order valence-corrected chi connectivity index (χ3v) is 6.87. The van der Waals surface area contributed by atoms with Crippen LogP contribution in [0.4, 0.5) is 5.69 Å². The first-order valence-electron chi connectivity index (χ1n) is 13.3. The lowest BCUT2D eigenvalue weighted by Gasteiger charge is -2.24.